The van der Waals surface area contributed by atoms with Gasteiger partial charge in [0.1, 0.15) is 11.5 Å². The molecule has 2 aromatic rings. The number of hydrogen-bond donors (Lipinski definition) is 0. The first-order valence-corrected chi connectivity index (χ1v) is 12.3. The molecule has 10 heteroatoms. The van der Waals surface area contributed by atoms with Crippen LogP contribution in [0.1, 0.15) is 44.3 Å². The molecule has 0 amide bonds. The van der Waals surface area contributed by atoms with Gasteiger partial charge in [-0.25, -0.2) is 13.4 Å². The number of rotatable bonds is 6. The number of hydrogen-bond acceptors (Lipinski definition) is 6. The van der Waals surface area contributed by atoms with E-state index in [9.17, 15) is 18.5 Å². The minimum atomic E-state index is -3.74. The van der Waals surface area contributed by atoms with E-state index in [1.807, 2.05) is 22.6 Å². The summed E-state index contributed by atoms with van der Waals surface area (Å²) >= 11 is 0. The second-order valence-electron chi connectivity index (χ2n) is 8.34. The SMILES string of the molecule is Cc1nccn1C[C@H]1CCCN1c1ccc(S(=O)(=O)N2CCCCCC2)cc1[N+](=O)[O-]. The normalized spacial score (nSPS) is 20.7. The van der Waals surface area contributed by atoms with Crippen molar-refractivity contribution < 1.29 is 13.3 Å². The van der Waals surface area contributed by atoms with Crippen LogP contribution in [0.25, 0.3) is 0 Å². The second kappa shape index (κ2) is 8.96. The molecule has 2 fully saturated rings. The van der Waals surface area contributed by atoms with Gasteiger partial charge in [-0.3, -0.25) is 10.1 Å². The number of imidazole rings is 1. The zero-order valence-corrected chi connectivity index (χ0v) is 18.6. The lowest BCUT2D eigenvalue weighted by molar-refractivity contribution is -0.384. The van der Waals surface area contributed by atoms with Crippen LogP contribution in [-0.2, 0) is 16.6 Å². The highest BCUT2D eigenvalue weighted by Crippen LogP contribution is 2.36. The minimum Gasteiger partial charge on any atom is -0.361 e. The molecule has 1 atom stereocenters. The van der Waals surface area contributed by atoms with Gasteiger partial charge in [-0.1, -0.05) is 12.8 Å². The van der Waals surface area contributed by atoms with Crippen LogP contribution in [0.15, 0.2) is 35.5 Å². The van der Waals surface area contributed by atoms with E-state index in [2.05, 4.69) is 4.98 Å². The Bertz CT molecular complexity index is 1040. The number of anilines is 1. The average molecular weight is 448 g/mol. The van der Waals surface area contributed by atoms with Crippen molar-refractivity contribution in [1.29, 1.82) is 0 Å². The summed E-state index contributed by atoms with van der Waals surface area (Å²) in [5.41, 5.74) is 0.338. The maximum absolute atomic E-state index is 13.1. The lowest BCUT2D eigenvalue weighted by Gasteiger charge is -2.27. The quantitative estimate of drug-likeness (QED) is 0.497. The number of aromatic nitrogens is 2. The van der Waals surface area contributed by atoms with Gasteiger partial charge in [0.05, 0.1) is 9.82 Å². The number of nitro benzene ring substituents is 1. The van der Waals surface area contributed by atoms with Gasteiger partial charge in [-0.05, 0) is 44.7 Å². The van der Waals surface area contributed by atoms with Crippen LogP contribution in [0.4, 0.5) is 11.4 Å². The molecule has 0 aliphatic carbocycles. The fourth-order valence-corrected chi connectivity index (χ4v) is 6.19. The molecular weight excluding hydrogens is 418 g/mol. The maximum Gasteiger partial charge on any atom is 0.293 e. The molecule has 31 heavy (non-hydrogen) atoms. The van der Waals surface area contributed by atoms with Crippen molar-refractivity contribution in [1.82, 2.24) is 13.9 Å². The Hall–Kier alpha value is -2.46. The molecule has 1 aromatic carbocycles. The fraction of sp³-hybridized carbons (Fsp3) is 0.571. The average Bonchev–Trinajstić information content (AvgIpc) is 3.26. The standard InChI is InChI=1S/C21H29N5O4S/c1-17-22-10-14-23(17)16-18-7-6-13-25(18)20-9-8-19(15-21(20)26(27)28)31(29,30)24-11-4-2-3-5-12-24/h8-10,14-15,18H,2-7,11-13,16H2,1H3/t18-/m1/s1. The van der Waals surface area contributed by atoms with E-state index in [0.29, 0.717) is 31.9 Å². The van der Waals surface area contributed by atoms with Gasteiger partial charge in [0.25, 0.3) is 5.69 Å². The van der Waals surface area contributed by atoms with Crippen LogP contribution in [0, 0.1) is 17.0 Å². The number of nitrogens with zero attached hydrogens (tertiary/aromatic N) is 5. The van der Waals surface area contributed by atoms with Crippen LogP contribution in [-0.4, -0.2) is 52.9 Å². The predicted molar refractivity (Wildman–Crippen MR) is 118 cm³/mol. The van der Waals surface area contributed by atoms with E-state index in [0.717, 1.165) is 44.3 Å². The zero-order chi connectivity index (χ0) is 22.0. The molecular formula is C21H29N5O4S. The molecule has 4 rings (SSSR count). The molecule has 0 radical (unpaired) electrons. The highest BCUT2D eigenvalue weighted by atomic mass is 32.2. The van der Waals surface area contributed by atoms with Crippen molar-refractivity contribution >= 4 is 21.4 Å². The lowest BCUT2D eigenvalue weighted by atomic mass is 10.2. The Kier molecular flexibility index (Phi) is 6.29. The molecule has 2 aliphatic heterocycles. The molecule has 2 aliphatic rings. The maximum atomic E-state index is 13.1. The van der Waals surface area contributed by atoms with Crippen molar-refractivity contribution in [3.05, 3.63) is 46.5 Å². The van der Waals surface area contributed by atoms with Crippen molar-refractivity contribution in [3.63, 3.8) is 0 Å². The third-order valence-corrected chi connectivity index (χ3v) is 8.26. The highest BCUT2D eigenvalue weighted by molar-refractivity contribution is 7.89. The first-order chi connectivity index (χ1) is 14.9. The molecule has 0 unspecified atom stereocenters. The molecule has 0 N–H and O–H groups in total. The molecule has 0 saturated carbocycles. The third kappa shape index (κ3) is 4.45. The minimum absolute atomic E-state index is 0.00560. The van der Waals surface area contributed by atoms with Gasteiger partial charge in [0.2, 0.25) is 10.0 Å². The monoisotopic (exact) mass is 447 g/mol. The number of aryl methyl sites for hydroxylation is 1. The summed E-state index contributed by atoms with van der Waals surface area (Å²) in [6.07, 6.45) is 9.18. The Morgan fingerprint density at radius 2 is 1.87 bits per heavy atom. The van der Waals surface area contributed by atoms with Gasteiger partial charge in [-0.15, -0.1) is 0 Å². The lowest BCUT2D eigenvalue weighted by Crippen LogP contribution is -2.34. The summed E-state index contributed by atoms with van der Waals surface area (Å²) in [5.74, 6) is 0.903. The summed E-state index contributed by atoms with van der Waals surface area (Å²) in [6, 6.07) is 4.48. The van der Waals surface area contributed by atoms with Crippen LogP contribution in [0.5, 0.6) is 0 Å². The largest absolute Gasteiger partial charge is 0.361 e. The van der Waals surface area contributed by atoms with Crippen molar-refractivity contribution in [3.8, 4) is 0 Å². The van der Waals surface area contributed by atoms with Crippen molar-refractivity contribution in [2.75, 3.05) is 24.5 Å². The van der Waals surface area contributed by atoms with Crippen LogP contribution >= 0.6 is 0 Å². The number of sulfonamides is 1. The van der Waals surface area contributed by atoms with Gasteiger partial charge in [0, 0.05) is 50.7 Å². The van der Waals surface area contributed by atoms with Crippen molar-refractivity contribution in [2.45, 2.75) is 62.9 Å². The van der Waals surface area contributed by atoms with Gasteiger partial charge < -0.3 is 9.47 Å². The van der Waals surface area contributed by atoms with Gasteiger partial charge >= 0.3 is 0 Å². The summed E-state index contributed by atoms with van der Waals surface area (Å²) < 4.78 is 29.8. The topological polar surface area (TPSA) is 102 Å². The van der Waals surface area contributed by atoms with E-state index in [4.69, 9.17) is 0 Å². The van der Waals surface area contributed by atoms with Crippen LogP contribution in [0.3, 0.4) is 0 Å². The van der Waals surface area contributed by atoms with E-state index in [-0.39, 0.29) is 16.6 Å². The first kappa shape index (κ1) is 21.8. The third-order valence-electron chi connectivity index (χ3n) is 6.36. The number of nitro groups is 1. The molecule has 1 aromatic heterocycles. The zero-order valence-electron chi connectivity index (χ0n) is 17.8. The Morgan fingerprint density at radius 1 is 1.13 bits per heavy atom. The van der Waals surface area contributed by atoms with Gasteiger partial charge in [0.15, 0.2) is 0 Å². The summed E-state index contributed by atoms with van der Waals surface area (Å²) in [6.45, 7) is 4.27. The molecule has 2 saturated heterocycles. The molecule has 9 nitrogen and oxygen atoms in total. The summed E-state index contributed by atoms with van der Waals surface area (Å²) in [7, 11) is -3.74. The van der Waals surface area contributed by atoms with E-state index >= 15 is 0 Å². The smallest absolute Gasteiger partial charge is 0.293 e. The van der Waals surface area contributed by atoms with Crippen LogP contribution in [0.2, 0.25) is 0 Å². The highest BCUT2D eigenvalue weighted by Gasteiger charge is 2.33. The van der Waals surface area contributed by atoms with Crippen LogP contribution < -0.4 is 4.90 Å². The molecule has 0 bridgehead atoms. The van der Waals surface area contributed by atoms with E-state index < -0.39 is 14.9 Å². The Balaban J connectivity index is 1.64. The van der Waals surface area contributed by atoms with E-state index in [1.165, 1.54) is 16.4 Å². The van der Waals surface area contributed by atoms with Crippen molar-refractivity contribution in [2.24, 2.45) is 0 Å². The molecule has 168 valence electrons. The molecule has 0 spiro atoms. The predicted octanol–water partition coefficient (Wildman–Crippen LogP) is 3.33. The fourth-order valence-electron chi connectivity index (χ4n) is 4.65. The Morgan fingerprint density at radius 3 is 2.52 bits per heavy atom. The van der Waals surface area contributed by atoms with Gasteiger partial charge in [-0.2, -0.15) is 4.31 Å². The summed E-state index contributed by atoms with van der Waals surface area (Å²) in [4.78, 5) is 17.8. The van der Waals surface area contributed by atoms with E-state index in [1.54, 1.807) is 12.3 Å². The number of benzene rings is 1. The summed E-state index contributed by atoms with van der Waals surface area (Å²) in [5, 5.41) is 11.9. The molecule has 3 heterocycles. The second-order valence-corrected chi connectivity index (χ2v) is 10.3. The first-order valence-electron chi connectivity index (χ1n) is 10.9. The Labute approximate surface area is 182 Å².